The van der Waals surface area contributed by atoms with Crippen LogP contribution in [0.25, 0.3) is 0 Å². The van der Waals surface area contributed by atoms with E-state index in [0.717, 1.165) is 17.0 Å². The van der Waals surface area contributed by atoms with Crippen LogP contribution in [0, 0.1) is 0 Å². The second-order valence-corrected chi connectivity index (χ2v) is 5.97. The zero-order valence-electron chi connectivity index (χ0n) is 11.0. The fourth-order valence-corrected chi connectivity index (χ4v) is 3.53. The summed E-state index contributed by atoms with van der Waals surface area (Å²) in [5.41, 5.74) is 3.31. The van der Waals surface area contributed by atoms with Crippen LogP contribution in [0.15, 0.2) is 11.4 Å². The Morgan fingerprint density at radius 1 is 1.50 bits per heavy atom. The topological polar surface area (TPSA) is 58.4 Å². The quantitative estimate of drug-likeness (QED) is 0.501. The summed E-state index contributed by atoms with van der Waals surface area (Å²) in [6.07, 6.45) is 3.79. The smallest absolute Gasteiger partial charge is 0.275 e. The van der Waals surface area contributed by atoms with Gasteiger partial charge in [0.05, 0.1) is 4.88 Å². The van der Waals surface area contributed by atoms with E-state index in [4.69, 9.17) is 5.84 Å². The zero-order valence-corrected chi connectivity index (χ0v) is 11.8. The van der Waals surface area contributed by atoms with E-state index in [0.29, 0.717) is 12.1 Å². The van der Waals surface area contributed by atoms with Gasteiger partial charge in [-0.05, 0) is 43.7 Å². The molecule has 1 aliphatic rings. The summed E-state index contributed by atoms with van der Waals surface area (Å²) in [6, 6.07) is 3.20. The number of carbonyl (C=O) groups is 1. The lowest BCUT2D eigenvalue weighted by atomic mass is 9.97. The van der Waals surface area contributed by atoms with Crippen molar-refractivity contribution in [2.24, 2.45) is 5.84 Å². The van der Waals surface area contributed by atoms with Gasteiger partial charge in [0.15, 0.2) is 0 Å². The van der Waals surface area contributed by atoms with E-state index < -0.39 is 0 Å². The first-order valence-corrected chi connectivity index (χ1v) is 7.34. The molecule has 18 heavy (non-hydrogen) atoms. The van der Waals surface area contributed by atoms with Crippen LogP contribution < -0.4 is 11.3 Å². The number of thiophene rings is 1. The van der Waals surface area contributed by atoms with Crippen molar-refractivity contribution in [2.75, 3.05) is 0 Å². The molecule has 0 spiro atoms. The van der Waals surface area contributed by atoms with Gasteiger partial charge in [-0.1, -0.05) is 6.42 Å². The van der Waals surface area contributed by atoms with Crippen LogP contribution in [0.3, 0.4) is 0 Å². The van der Waals surface area contributed by atoms with E-state index in [2.05, 4.69) is 24.2 Å². The van der Waals surface area contributed by atoms with Crippen LogP contribution in [0.5, 0.6) is 0 Å². The van der Waals surface area contributed by atoms with E-state index in [-0.39, 0.29) is 5.91 Å². The van der Waals surface area contributed by atoms with Gasteiger partial charge in [-0.2, -0.15) is 0 Å². The monoisotopic (exact) mass is 267 g/mol. The number of hydrazine groups is 1. The average Bonchev–Trinajstić information content (AvgIpc) is 2.81. The predicted octanol–water partition coefficient (Wildman–Crippen LogP) is 2.11. The van der Waals surface area contributed by atoms with E-state index in [1.165, 1.54) is 30.6 Å². The molecule has 0 unspecified atom stereocenters. The fraction of sp³-hybridized carbons (Fsp3) is 0.615. The Kier molecular flexibility index (Phi) is 4.37. The lowest BCUT2D eigenvalue weighted by Gasteiger charge is -2.39. The van der Waals surface area contributed by atoms with E-state index in [1.54, 1.807) is 0 Å². The minimum absolute atomic E-state index is 0.183. The molecule has 0 radical (unpaired) electrons. The summed E-state index contributed by atoms with van der Waals surface area (Å²) in [7, 11) is 0. The summed E-state index contributed by atoms with van der Waals surface area (Å²) >= 11 is 1.45. The first-order chi connectivity index (χ1) is 8.63. The standard InChI is InChI=1S/C13H21N3OS/c1-9-4-3-5-10(2)16(9)8-11-6-7-18-12(11)13(17)15-14/h6-7,9-10H,3-5,8,14H2,1-2H3,(H,15,17)/t9-,10+. The Bertz CT molecular complexity index is 408. The molecular weight excluding hydrogens is 246 g/mol. The summed E-state index contributed by atoms with van der Waals surface area (Å²) in [5, 5.41) is 1.96. The lowest BCUT2D eigenvalue weighted by Crippen LogP contribution is -2.43. The first-order valence-electron chi connectivity index (χ1n) is 6.46. The Balaban J connectivity index is 2.13. The first kappa shape index (κ1) is 13.5. The van der Waals surface area contributed by atoms with Gasteiger partial charge in [0, 0.05) is 18.6 Å². The molecule has 2 rings (SSSR count). The third-order valence-corrected chi connectivity index (χ3v) is 4.77. The Labute approximate surface area is 112 Å². The SMILES string of the molecule is C[C@@H]1CCC[C@H](C)N1Cc1ccsc1C(=O)NN. The van der Waals surface area contributed by atoms with Crippen molar-refractivity contribution >= 4 is 17.2 Å². The molecule has 1 amide bonds. The van der Waals surface area contributed by atoms with Crippen molar-refractivity contribution in [1.29, 1.82) is 0 Å². The highest BCUT2D eigenvalue weighted by Crippen LogP contribution is 2.27. The molecule has 100 valence electrons. The van der Waals surface area contributed by atoms with Gasteiger partial charge >= 0.3 is 0 Å². The van der Waals surface area contributed by atoms with Crippen molar-refractivity contribution in [1.82, 2.24) is 10.3 Å². The molecule has 1 aliphatic heterocycles. The lowest BCUT2D eigenvalue weighted by molar-refractivity contribution is 0.0911. The number of carbonyl (C=O) groups excluding carboxylic acids is 1. The van der Waals surface area contributed by atoms with Gasteiger partial charge in [0.1, 0.15) is 0 Å². The molecule has 3 N–H and O–H groups in total. The predicted molar refractivity (Wildman–Crippen MR) is 74.3 cm³/mol. The molecule has 2 heterocycles. The number of hydrogen-bond donors (Lipinski definition) is 2. The number of rotatable bonds is 3. The summed E-state index contributed by atoms with van der Waals surface area (Å²) < 4.78 is 0. The van der Waals surface area contributed by atoms with Crippen molar-refractivity contribution in [3.05, 3.63) is 21.9 Å². The van der Waals surface area contributed by atoms with Gasteiger partial charge in [0.25, 0.3) is 5.91 Å². The van der Waals surface area contributed by atoms with Crippen LogP contribution in [0.2, 0.25) is 0 Å². The van der Waals surface area contributed by atoms with Crippen LogP contribution in [0.1, 0.15) is 48.3 Å². The number of amides is 1. The highest BCUT2D eigenvalue weighted by Gasteiger charge is 2.26. The van der Waals surface area contributed by atoms with Gasteiger partial charge in [-0.15, -0.1) is 11.3 Å². The fourth-order valence-electron chi connectivity index (χ4n) is 2.71. The second-order valence-electron chi connectivity index (χ2n) is 5.05. The molecule has 0 aromatic carbocycles. The second kappa shape index (κ2) is 5.82. The third-order valence-electron chi connectivity index (χ3n) is 3.81. The van der Waals surface area contributed by atoms with Crippen LogP contribution in [0.4, 0.5) is 0 Å². The summed E-state index contributed by atoms with van der Waals surface area (Å²) in [4.78, 5) is 14.9. The molecule has 1 saturated heterocycles. The maximum Gasteiger partial charge on any atom is 0.275 e. The summed E-state index contributed by atoms with van der Waals surface area (Å²) in [5.74, 6) is 5.03. The van der Waals surface area contributed by atoms with Gasteiger partial charge < -0.3 is 0 Å². The number of likely N-dealkylation sites (tertiary alicyclic amines) is 1. The Hall–Kier alpha value is -0.910. The maximum absolute atomic E-state index is 11.7. The van der Waals surface area contributed by atoms with Crippen LogP contribution >= 0.6 is 11.3 Å². The van der Waals surface area contributed by atoms with Gasteiger partial charge in [-0.25, -0.2) is 5.84 Å². The minimum Gasteiger partial charge on any atom is -0.294 e. The summed E-state index contributed by atoms with van der Waals surface area (Å²) in [6.45, 7) is 5.38. The highest BCUT2D eigenvalue weighted by molar-refractivity contribution is 7.12. The molecular formula is C13H21N3OS. The number of nitrogens with zero attached hydrogens (tertiary/aromatic N) is 1. The number of nitrogens with two attached hydrogens (primary N) is 1. The molecule has 0 saturated carbocycles. The van der Waals surface area contributed by atoms with Crippen molar-refractivity contribution < 1.29 is 4.79 Å². The molecule has 2 atom stereocenters. The third kappa shape index (κ3) is 2.74. The zero-order chi connectivity index (χ0) is 13.1. The molecule has 0 aliphatic carbocycles. The molecule has 1 fully saturated rings. The van der Waals surface area contributed by atoms with Crippen molar-refractivity contribution in [3.63, 3.8) is 0 Å². The van der Waals surface area contributed by atoms with Crippen molar-refractivity contribution in [3.8, 4) is 0 Å². The number of hydrogen-bond acceptors (Lipinski definition) is 4. The van der Waals surface area contributed by atoms with Crippen molar-refractivity contribution in [2.45, 2.75) is 51.7 Å². The minimum atomic E-state index is -0.183. The van der Waals surface area contributed by atoms with Gasteiger partial charge in [0.2, 0.25) is 0 Å². The maximum atomic E-state index is 11.7. The van der Waals surface area contributed by atoms with Crippen LogP contribution in [-0.2, 0) is 6.54 Å². The largest absolute Gasteiger partial charge is 0.294 e. The molecule has 1 aromatic heterocycles. The van der Waals surface area contributed by atoms with Crippen LogP contribution in [-0.4, -0.2) is 22.9 Å². The normalized spacial score (nSPS) is 25.1. The van der Waals surface area contributed by atoms with Gasteiger partial charge in [-0.3, -0.25) is 15.1 Å². The number of nitrogens with one attached hydrogen (secondary N) is 1. The number of piperidine rings is 1. The molecule has 0 bridgehead atoms. The number of nitrogen functional groups attached to an aromatic ring is 1. The molecule has 4 nitrogen and oxygen atoms in total. The molecule has 5 heteroatoms. The highest BCUT2D eigenvalue weighted by atomic mass is 32.1. The Morgan fingerprint density at radius 3 is 2.78 bits per heavy atom. The molecule has 1 aromatic rings. The Morgan fingerprint density at radius 2 is 2.17 bits per heavy atom. The van der Waals surface area contributed by atoms with E-state index >= 15 is 0 Å². The average molecular weight is 267 g/mol. The van der Waals surface area contributed by atoms with E-state index in [1.807, 2.05) is 11.4 Å². The van der Waals surface area contributed by atoms with E-state index in [9.17, 15) is 4.79 Å².